The van der Waals surface area contributed by atoms with Gasteiger partial charge in [-0.3, -0.25) is 4.90 Å². The fourth-order valence-corrected chi connectivity index (χ4v) is 1.88. The third-order valence-corrected chi connectivity index (χ3v) is 3.06. The van der Waals surface area contributed by atoms with Gasteiger partial charge in [-0.05, 0) is 19.9 Å². The lowest BCUT2D eigenvalue weighted by Gasteiger charge is -2.33. The third-order valence-electron chi connectivity index (χ3n) is 3.06. The van der Waals surface area contributed by atoms with E-state index in [4.69, 9.17) is 4.74 Å². The van der Waals surface area contributed by atoms with Crippen molar-refractivity contribution in [1.82, 2.24) is 10.2 Å². The number of ether oxygens (including phenoxy) is 1. The smallest absolute Gasteiger partial charge is 0.0826 e. The van der Waals surface area contributed by atoms with Gasteiger partial charge in [-0.2, -0.15) is 0 Å². The Morgan fingerprint density at radius 1 is 1.50 bits per heavy atom. The van der Waals surface area contributed by atoms with Crippen LogP contribution >= 0.6 is 0 Å². The van der Waals surface area contributed by atoms with E-state index in [1.54, 1.807) is 0 Å². The van der Waals surface area contributed by atoms with Crippen molar-refractivity contribution in [3.05, 3.63) is 0 Å². The highest BCUT2D eigenvalue weighted by Crippen LogP contribution is 2.06. The van der Waals surface area contributed by atoms with Gasteiger partial charge in [0.1, 0.15) is 0 Å². The molecule has 0 aromatic heterocycles. The van der Waals surface area contributed by atoms with Crippen molar-refractivity contribution < 1.29 is 4.74 Å². The number of rotatable bonds is 5. The molecule has 14 heavy (non-hydrogen) atoms. The van der Waals surface area contributed by atoms with E-state index in [-0.39, 0.29) is 0 Å². The molecule has 0 spiro atoms. The number of nitrogens with one attached hydrogen (secondary N) is 1. The molecule has 3 heteroatoms. The van der Waals surface area contributed by atoms with Crippen LogP contribution in [0.15, 0.2) is 0 Å². The van der Waals surface area contributed by atoms with Gasteiger partial charge in [-0.15, -0.1) is 0 Å². The third kappa shape index (κ3) is 3.56. The maximum absolute atomic E-state index is 5.70. The Hall–Kier alpha value is -0.120. The van der Waals surface area contributed by atoms with Crippen LogP contribution in [-0.2, 0) is 4.74 Å². The fraction of sp³-hybridized carbons (Fsp3) is 1.00. The lowest BCUT2D eigenvalue weighted by atomic mass is 10.2. The van der Waals surface area contributed by atoms with Crippen molar-refractivity contribution in [2.75, 3.05) is 32.8 Å². The molecule has 1 N–H and O–H groups in total. The first-order chi connectivity index (χ1) is 6.77. The molecule has 0 aromatic carbocycles. The first-order valence-corrected chi connectivity index (χ1v) is 5.84. The summed E-state index contributed by atoms with van der Waals surface area (Å²) >= 11 is 0. The molecule has 1 aliphatic heterocycles. The minimum atomic E-state index is 0.387. The summed E-state index contributed by atoms with van der Waals surface area (Å²) in [5.41, 5.74) is 0. The molecular formula is C11H24N2O. The van der Waals surface area contributed by atoms with Gasteiger partial charge in [0.15, 0.2) is 0 Å². The van der Waals surface area contributed by atoms with Crippen LogP contribution in [-0.4, -0.2) is 49.8 Å². The van der Waals surface area contributed by atoms with Gasteiger partial charge in [0.05, 0.1) is 12.7 Å². The number of likely N-dealkylation sites (N-methyl/N-ethyl adjacent to an activating group) is 1. The number of morpholine rings is 1. The Balaban J connectivity index is 2.30. The quantitative estimate of drug-likeness (QED) is 0.719. The minimum absolute atomic E-state index is 0.387. The Morgan fingerprint density at radius 2 is 2.29 bits per heavy atom. The Bertz CT molecular complexity index is 146. The molecule has 3 nitrogen and oxygen atoms in total. The fourth-order valence-electron chi connectivity index (χ4n) is 1.88. The van der Waals surface area contributed by atoms with Crippen molar-refractivity contribution in [3.63, 3.8) is 0 Å². The van der Waals surface area contributed by atoms with Crippen molar-refractivity contribution in [3.8, 4) is 0 Å². The second-order valence-electron chi connectivity index (χ2n) is 4.04. The predicted molar refractivity (Wildman–Crippen MR) is 59.6 cm³/mol. The van der Waals surface area contributed by atoms with E-state index in [2.05, 4.69) is 31.0 Å². The van der Waals surface area contributed by atoms with Crippen LogP contribution in [0.25, 0.3) is 0 Å². The van der Waals surface area contributed by atoms with E-state index in [9.17, 15) is 0 Å². The monoisotopic (exact) mass is 200 g/mol. The second-order valence-corrected chi connectivity index (χ2v) is 4.04. The maximum atomic E-state index is 5.70. The highest BCUT2D eigenvalue weighted by molar-refractivity contribution is 4.74. The summed E-state index contributed by atoms with van der Waals surface area (Å²) in [6, 6.07) is 0.672. The Labute approximate surface area is 87.8 Å². The Morgan fingerprint density at radius 3 is 2.79 bits per heavy atom. The molecule has 0 bridgehead atoms. The molecule has 2 unspecified atom stereocenters. The molecule has 84 valence electrons. The summed E-state index contributed by atoms with van der Waals surface area (Å²) in [6.07, 6.45) is 1.60. The summed E-state index contributed by atoms with van der Waals surface area (Å²) in [5, 5.41) is 3.37. The van der Waals surface area contributed by atoms with Crippen LogP contribution in [0.5, 0.6) is 0 Å². The first-order valence-electron chi connectivity index (χ1n) is 5.84. The van der Waals surface area contributed by atoms with Crippen LogP contribution < -0.4 is 5.32 Å². The molecule has 0 radical (unpaired) electrons. The van der Waals surface area contributed by atoms with Gasteiger partial charge in [-0.25, -0.2) is 0 Å². The lowest BCUT2D eigenvalue weighted by Crippen LogP contribution is -2.47. The standard InChI is InChI=1S/C11H24N2O/c1-4-10(3)13(5-2)9-11-8-12-6-7-14-11/h10-12H,4-9H2,1-3H3. The van der Waals surface area contributed by atoms with Crippen LogP contribution in [0.4, 0.5) is 0 Å². The highest BCUT2D eigenvalue weighted by Gasteiger charge is 2.18. The molecule has 1 fully saturated rings. The zero-order valence-electron chi connectivity index (χ0n) is 9.75. The SMILES string of the molecule is CCC(C)N(CC)CC1CNCCO1. The van der Waals surface area contributed by atoms with Gasteiger partial charge >= 0.3 is 0 Å². The normalized spacial score (nSPS) is 25.3. The average molecular weight is 200 g/mol. The summed E-state index contributed by atoms with van der Waals surface area (Å²) in [5.74, 6) is 0. The molecule has 0 aliphatic carbocycles. The van der Waals surface area contributed by atoms with Gasteiger partial charge in [0.25, 0.3) is 0 Å². The summed E-state index contributed by atoms with van der Waals surface area (Å²) in [7, 11) is 0. The molecule has 1 saturated heterocycles. The van der Waals surface area contributed by atoms with Crippen LogP contribution in [0, 0.1) is 0 Å². The molecular weight excluding hydrogens is 176 g/mol. The first kappa shape index (κ1) is 12.0. The number of nitrogens with zero attached hydrogens (tertiary/aromatic N) is 1. The largest absolute Gasteiger partial charge is 0.374 e. The summed E-state index contributed by atoms with van der Waals surface area (Å²) in [6.45, 7) is 11.8. The van der Waals surface area contributed by atoms with Crippen molar-refractivity contribution in [2.45, 2.75) is 39.3 Å². The maximum Gasteiger partial charge on any atom is 0.0826 e. The van der Waals surface area contributed by atoms with Crippen molar-refractivity contribution >= 4 is 0 Å². The number of hydrogen-bond acceptors (Lipinski definition) is 3. The van der Waals surface area contributed by atoms with Crippen LogP contribution in [0.2, 0.25) is 0 Å². The van der Waals surface area contributed by atoms with Crippen molar-refractivity contribution in [2.24, 2.45) is 0 Å². The van der Waals surface area contributed by atoms with Gasteiger partial charge < -0.3 is 10.1 Å². The summed E-state index contributed by atoms with van der Waals surface area (Å²) in [4.78, 5) is 2.50. The minimum Gasteiger partial charge on any atom is -0.374 e. The van der Waals surface area contributed by atoms with E-state index < -0.39 is 0 Å². The second kappa shape index (κ2) is 6.38. The topological polar surface area (TPSA) is 24.5 Å². The molecule has 1 heterocycles. The van der Waals surface area contributed by atoms with E-state index in [1.807, 2.05) is 0 Å². The molecule has 0 amide bonds. The number of hydrogen-bond donors (Lipinski definition) is 1. The van der Waals surface area contributed by atoms with Crippen molar-refractivity contribution in [1.29, 1.82) is 0 Å². The van der Waals surface area contributed by atoms with Gasteiger partial charge in [0.2, 0.25) is 0 Å². The summed E-state index contributed by atoms with van der Waals surface area (Å²) < 4.78 is 5.70. The molecule has 1 aliphatic rings. The van der Waals surface area contributed by atoms with Gasteiger partial charge in [-0.1, -0.05) is 13.8 Å². The highest BCUT2D eigenvalue weighted by atomic mass is 16.5. The molecule has 0 aromatic rings. The lowest BCUT2D eigenvalue weighted by molar-refractivity contribution is -0.000884. The van der Waals surface area contributed by atoms with E-state index in [0.29, 0.717) is 12.1 Å². The van der Waals surface area contributed by atoms with Crippen LogP contribution in [0.3, 0.4) is 0 Å². The molecule has 1 rings (SSSR count). The Kier molecular flexibility index (Phi) is 5.45. The molecule has 0 saturated carbocycles. The van der Waals surface area contributed by atoms with Gasteiger partial charge in [0, 0.05) is 25.7 Å². The van der Waals surface area contributed by atoms with E-state index in [0.717, 1.165) is 32.8 Å². The van der Waals surface area contributed by atoms with E-state index >= 15 is 0 Å². The molecule has 2 atom stereocenters. The zero-order chi connectivity index (χ0) is 10.4. The zero-order valence-corrected chi connectivity index (χ0v) is 9.75. The van der Waals surface area contributed by atoms with Crippen LogP contribution in [0.1, 0.15) is 27.2 Å². The average Bonchev–Trinajstić information content (AvgIpc) is 2.26. The predicted octanol–water partition coefficient (Wildman–Crippen LogP) is 1.10. The van der Waals surface area contributed by atoms with E-state index in [1.165, 1.54) is 6.42 Å².